The van der Waals surface area contributed by atoms with E-state index in [9.17, 15) is 4.79 Å². The van der Waals surface area contributed by atoms with Gasteiger partial charge in [0.1, 0.15) is 0 Å². The minimum Gasteiger partial charge on any atom is -0.298 e. The van der Waals surface area contributed by atoms with E-state index in [-0.39, 0.29) is 16.5 Å². The number of hydrogen-bond donors (Lipinski definition) is 1. The van der Waals surface area contributed by atoms with Crippen molar-refractivity contribution in [3.05, 3.63) is 45.9 Å². The highest BCUT2D eigenvalue weighted by molar-refractivity contribution is 5.66. The summed E-state index contributed by atoms with van der Waals surface area (Å²) in [5, 5.41) is 3.35. The van der Waals surface area contributed by atoms with Gasteiger partial charge in [0.25, 0.3) is 5.56 Å². The van der Waals surface area contributed by atoms with Gasteiger partial charge in [0.05, 0.1) is 16.8 Å². The molecule has 0 bridgehead atoms. The maximum Gasteiger partial charge on any atom is 0.275 e. The zero-order valence-electron chi connectivity index (χ0n) is 14.2. The van der Waals surface area contributed by atoms with Crippen molar-refractivity contribution in [2.24, 2.45) is 0 Å². The van der Waals surface area contributed by atoms with Crippen molar-refractivity contribution in [2.75, 3.05) is 0 Å². The Bertz CT molecular complexity index is 689. The maximum absolute atomic E-state index is 12.9. The molecular weight excluding hydrogens is 260 g/mol. The van der Waals surface area contributed by atoms with E-state index in [4.69, 9.17) is 0 Å². The van der Waals surface area contributed by atoms with Gasteiger partial charge < -0.3 is 0 Å². The number of nitrogens with one attached hydrogen (secondary N) is 1. The Morgan fingerprint density at radius 3 is 1.90 bits per heavy atom. The SMILES string of the molecule is Cc1ccc(-c2c(C(C)(C)C)[nH]n(C(C)(C)C)c2=O)cc1. The van der Waals surface area contributed by atoms with Crippen LogP contribution in [0.3, 0.4) is 0 Å². The van der Waals surface area contributed by atoms with Crippen molar-refractivity contribution in [1.29, 1.82) is 0 Å². The van der Waals surface area contributed by atoms with E-state index in [0.717, 1.165) is 16.8 Å². The molecule has 114 valence electrons. The highest BCUT2D eigenvalue weighted by Crippen LogP contribution is 2.30. The highest BCUT2D eigenvalue weighted by Gasteiger charge is 2.28. The lowest BCUT2D eigenvalue weighted by molar-refractivity contribution is 0.339. The van der Waals surface area contributed by atoms with Gasteiger partial charge in [-0.1, -0.05) is 50.6 Å². The first-order valence-electron chi connectivity index (χ1n) is 7.45. The summed E-state index contributed by atoms with van der Waals surface area (Å²) < 4.78 is 1.74. The quantitative estimate of drug-likeness (QED) is 0.838. The predicted octanol–water partition coefficient (Wildman–Crippen LogP) is 4.20. The van der Waals surface area contributed by atoms with E-state index < -0.39 is 0 Å². The third-order valence-electron chi connectivity index (χ3n) is 3.65. The van der Waals surface area contributed by atoms with E-state index in [1.165, 1.54) is 5.56 Å². The Balaban J connectivity index is 2.77. The smallest absolute Gasteiger partial charge is 0.275 e. The second-order valence-electron chi connectivity index (χ2n) is 7.79. The lowest BCUT2D eigenvalue weighted by Gasteiger charge is -2.21. The summed E-state index contributed by atoms with van der Waals surface area (Å²) in [5.41, 5.74) is 3.63. The Morgan fingerprint density at radius 1 is 0.952 bits per heavy atom. The molecule has 0 aliphatic heterocycles. The molecule has 0 saturated carbocycles. The summed E-state index contributed by atoms with van der Waals surface area (Å²) in [6, 6.07) is 8.16. The highest BCUT2D eigenvalue weighted by atomic mass is 16.1. The van der Waals surface area contributed by atoms with E-state index in [0.29, 0.717) is 0 Å². The second-order valence-corrected chi connectivity index (χ2v) is 7.79. The van der Waals surface area contributed by atoms with Crippen molar-refractivity contribution < 1.29 is 0 Å². The van der Waals surface area contributed by atoms with Gasteiger partial charge in [0, 0.05) is 5.41 Å². The molecule has 21 heavy (non-hydrogen) atoms. The molecule has 1 heterocycles. The summed E-state index contributed by atoms with van der Waals surface area (Å²) in [5.74, 6) is 0. The molecule has 0 radical (unpaired) electrons. The zero-order valence-corrected chi connectivity index (χ0v) is 14.2. The summed E-state index contributed by atoms with van der Waals surface area (Å²) >= 11 is 0. The predicted molar refractivity (Wildman–Crippen MR) is 88.9 cm³/mol. The maximum atomic E-state index is 12.9. The fourth-order valence-corrected chi connectivity index (χ4v) is 2.44. The molecule has 3 nitrogen and oxygen atoms in total. The minimum absolute atomic E-state index is 0.0521. The molecule has 2 aromatic rings. The summed E-state index contributed by atoms with van der Waals surface area (Å²) in [6.45, 7) is 14.6. The molecule has 0 saturated heterocycles. The number of aromatic nitrogens is 2. The van der Waals surface area contributed by atoms with E-state index in [1.807, 2.05) is 32.9 Å². The molecule has 0 aliphatic carbocycles. The van der Waals surface area contributed by atoms with Crippen LogP contribution in [0.5, 0.6) is 0 Å². The molecule has 0 fully saturated rings. The monoisotopic (exact) mass is 286 g/mol. The number of benzene rings is 1. The number of H-pyrrole nitrogens is 1. The van der Waals surface area contributed by atoms with Crippen LogP contribution >= 0.6 is 0 Å². The van der Waals surface area contributed by atoms with Gasteiger partial charge in [-0.05, 0) is 33.3 Å². The van der Waals surface area contributed by atoms with Crippen molar-refractivity contribution >= 4 is 0 Å². The molecule has 2 rings (SSSR count). The van der Waals surface area contributed by atoms with Gasteiger partial charge in [0.2, 0.25) is 0 Å². The average molecular weight is 286 g/mol. The van der Waals surface area contributed by atoms with Gasteiger partial charge in [-0.2, -0.15) is 0 Å². The molecular formula is C18H26N2O. The van der Waals surface area contributed by atoms with Crippen molar-refractivity contribution in [1.82, 2.24) is 9.78 Å². The van der Waals surface area contributed by atoms with Crippen LogP contribution < -0.4 is 5.56 Å². The second kappa shape index (κ2) is 4.90. The summed E-state index contributed by atoms with van der Waals surface area (Å²) in [6.07, 6.45) is 0. The summed E-state index contributed by atoms with van der Waals surface area (Å²) in [7, 11) is 0. The van der Waals surface area contributed by atoms with Gasteiger partial charge in [-0.3, -0.25) is 9.89 Å². The Labute approximate surface area is 127 Å². The van der Waals surface area contributed by atoms with Crippen molar-refractivity contribution in [3.63, 3.8) is 0 Å². The first-order valence-corrected chi connectivity index (χ1v) is 7.45. The van der Waals surface area contributed by atoms with Crippen LogP contribution in [-0.4, -0.2) is 9.78 Å². The number of hydrogen-bond acceptors (Lipinski definition) is 1. The van der Waals surface area contributed by atoms with Crippen LogP contribution in [0.25, 0.3) is 11.1 Å². The van der Waals surface area contributed by atoms with Crippen LogP contribution in [-0.2, 0) is 11.0 Å². The number of nitrogens with zero attached hydrogens (tertiary/aromatic N) is 1. The molecule has 1 aromatic carbocycles. The number of rotatable bonds is 1. The Hall–Kier alpha value is -1.77. The normalized spacial score (nSPS) is 12.7. The standard InChI is InChI=1S/C18H26N2O/c1-12-8-10-13(11-9-12)14-15(17(2,3)4)19-20(16(14)21)18(5,6)7/h8-11,19H,1-7H3. The van der Waals surface area contributed by atoms with Gasteiger partial charge in [-0.15, -0.1) is 0 Å². The molecule has 0 aliphatic rings. The number of aryl methyl sites for hydroxylation is 1. The molecule has 3 heteroatoms. The Morgan fingerprint density at radius 2 is 1.48 bits per heavy atom. The van der Waals surface area contributed by atoms with Crippen LogP contribution in [0.15, 0.2) is 29.1 Å². The topological polar surface area (TPSA) is 37.8 Å². The molecule has 0 spiro atoms. The minimum atomic E-state index is -0.264. The average Bonchev–Trinajstić information content (AvgIpc) is 2.67. The zero-order chi connectivity index (χ0) is 16.0. The molecule has 0 unspecified atom stereocenters. The lowest BCUT2D eigenvalue weighted by atomic mass is 9.87. The van der Waals surface area contributed by atoms with Crippen LogP contribution in [0.2, 0.25) is 0 Å². The van der Waals surface area contributed by atoms with Gasteiger partial charge in [-0.25, -0.2) is 4.68 Å². The lowest BCUT2D eigenvalue weighted by Crippen LogP contribution is -2.32. The van der Waals surface area contributed by atoms with E-state index in [2.05, 4.69) is 44.9 Å². The third-order valence-corrected chi connectivity index (χ3v) is 3.65. The van der Waals surface area contributed by atoms with Crippen LogP contribution in [0, 0.1) is 6.92 Å². The molecule has 1 aromatic heterocycles. The first kappa shape index (κ1) is 15.6. The molecule has 1 N–H and O–H groups in total. The fraction of sp³-hybridized carbons (Fsp3) is 0.500. The van der Waals surface area contributed by atoms with Gasteiger partial charge >= 0.3 is 0 Å². The van der Waals surface area contributed by atoms with Crippen molar-refractivity contribution in [3.8, 4) is 11.1 Å². The van der Waals surface area contributed by atoms with Crippen LogP contribution in [0.4, 0.5) is 0 Å². The Kier molecular flexibility index (Phi) is 3.64. The van der Waals surface area contributed by atoms with Crippen molar-refractivity contribution in [2.45, 2.75) is 59.4 Å². The van der Waals surface area contributed by atoms with E-state index in [1.54, 1.807) is 4.68 Å². The summed E-state index contributed by atoms with van der Waals surface area (Å²) in [4.78, 5) is 12.9. The largest absolute Gasteiger partial charge is 0.298 e. The van der Waals surface area contributed by atoms with Gasteiger partial charge in [0.15, 0.2) is 0 Å². The van der Waals surface area contributed by atoms with Crippen LogP contribution in [0.1, 0.15) is 52.8 Å². The first-order chi connectivity index (χ1) is 9.51. The number of aromatic amines is 1. The van der Waals surface area contributed by atoms with E-state index >= 15 is 0 Å². The molecule has 0 atom stereocenters. The third kappa shape index (κ3) is 2.97. The molecule has 0 amide bonds. The fourth-order valence-electron chi connectivity index (χ4n) is 2.44.